The number of rotatable bonds is 9. The second-order valence-corrected chi connectivity index (χ2v) is 14.8. The summed E-state index contributed by atoms with van der Waals surface area (Å²) in [7, 11) is 0. The molecule has 228 valence electrons. The highest BCUT2D eigenvalue weighted by molar-refractivity contribution is 7.99. The lowest BCUT2D eigenvalue weighted by Crippen LogP contribution is -2.66. The van der Waals surface area contributed by atoms with E-state index in [1.807, 2.05) is 36.0 Å². The minimum absolute atomic E-state index is 0.0317. The fraction of sp³-hybridized carbons (Fsp3) is 0.727. The van der Waals surface area contributed by atoms with Crippen molar-refractivity contribution in [1.29, 1.82) is 0 Å². The van der Waals surface area contributed by atoms with Crippen LogP contribution >= 0.6 is 11.8 Å². The number of benzene rings is 1. The zero-order valence-electron chi connectivity index (χ0n) is 24.1. The molecule has 1 aromatic rings. The van der Waals surface area contributed by atoms with Gasteiger partial charge in [0, 0.05) is 16.7 Å². The van der Waals surface area contributed by atoms with E-state index >= 15 is 0 Å². The summed E-state index contributed by atoms with van der Waals surface area (Å²) in [5.74, 6) is -4.18. The van der Waals surface area contributed by atoms with Crippen molar-refractivity contribution in [3.05, 3.63) is 42.0 Å². The van der Waals surface area contributed by atoms with Gasteiger partial charge in [-0.05, 0) is 104 Å². The number of fused-ring (bicyclic) bond motifs is 5. The van der Waals surface area contributed by atoms with Crippen molar-refractivity contribution in [1.82, 2.24) is 0 Å². The Hall–Kier alpha value is -1.41. The molecule has 0 bridgehead atoms. The molecule has 1 aromatic carbocycles. The second kappa shape index (κ2) is 11.3. The zero-order valence-corrected chi connectivity index (χ0v) is 24.9. The van der Waals surface area contributed by atoms with Crippen LogP contribution in [0.15, 0.2) is 46.9 Å². The highest BCUT2D eigenvalue weighted by Gasteiger charge is 2.79. The first-order valence-corrected chi connectivity index (χ1v) is 16.3. The summed E-state index contributed by atoms with van der Waals surface area (Å²) < 4.78 is 70.8. The first kappa shape index (κ1) is 31.0. The number of hydrogen-bond acceptors (Lipinski definition) is 3. The van der Waals surface area contributed by atoms with E-state index in [0.717, 1.165) is 43.4 Å². The number of ketones is 1. The predicted molar refractivity (Wildman–Crippen MR) is 152 cm³/mol. The van der Waals surface area contributed by atoms with E-state index in [2.05, 4.69) is 19.1 Å². The van der Waals surface area contributed by atoms with E-state index in [-0.39, 0.29) is 41.8 Å². The van der Waals surface area contributed by atoms with Gasteiger partial charge in [0.25, 0.3) is 0 Å². The number of carbonyl (C=O) groups is 1. The zero-order chi connectivity index (χ0) is 29.7. The maximum atomic E-state index is 15.0. The molecule has 3 fully saturated rings. The molecule has 4 aliphatic carbocycles. The van der Waals surface area contributed by atoms with Crippen LogP contribution in [-0.4, -0.2) is 34.3 Å². The van der Waals surface area contributed by atoms with Crippen molar-refractivity contribution in [2.75, 3.05) is 5.75 Å². The SMILES string of the molecule is C[C@]12CCC(=O)C=C1CC(CCCCCCSc1ccccc1)[C@@H]1[C@H]2CC[C@@]2(C)[C@H]1CCC2(O)C(F)(F)C(F)(F)F. The minimum atomic E-state index is -5.80. The van der Waals surface area contributed by atoms with Gasteiger partial charge in [-0.2, -0.15) is 22.0 Å². The summed E-state index contributed by atoms with van der Waals surface area (Å²) in [5, 5.41) is 11.3. The molecular formula is C33H43F5O2S. The normalized spacial score (nSPS) is 37.3. The van der Waals surface area contributed by atoms with Crippen molar-refractivity contribution in [2.24, 2.45) is 34.5 Å². The van der Waals surface area contributed by atoms with E-state index in [1.165, 1.54) is 11.8 Å². The molecule has 7 atom stereocenters. The molecule has 0 spiro atoms. The molecule has 1 N–H and O–H groups in total. The van der Waals surface area contributed by atoms with Gasteiger partial charge in [0.05, 0.1) is 0 Å². The van der Waals surface area contributed by atoms with Gasteiger partial charge >= 0.3 is 12.1 Å². The van der Waals surface area contributed by atoms with Crippen LogP contribution in [0.25, 0.3) is 0 Å². The van der Waals surface area contributed by atoms with Crippen LogP contribution in [0.2, 0.25) is 0 Å². The Morgan fingerprint density at radius 3 is 2.32 bits per heavy atom. The Kier molecular flexibility index (Phi) is 8.52. The average Bonchev–Trinajstić information content (AvgIpc) is 3.20. The van der Waals surface area contributed by atoms with Crippen molar-refractivity contribution < 1.29 is 31.9 Å². The lowest BCUT2D eigenvalue weighted by atomic mass is 9.43. The standard InChI is InChI=1S/C33H43F5O2S/c1-29-16-13-24(39)21-23(29)20-22(10-6-3-4-9-19-41-25-11-7-5-8-12-25)28-26(29)14-17-30(2)27(28)15-18-31(30,40)32(34,35)33(36,37)38/h5,7-8,11-12,21-22,26-28,40H,3-4,6,9-10,13-20H2,1-2H3/t22?,26-,27+,28-,29+,30+,31?/m1/s1. The molecular weight excluding hydrogens is 555 g/mol. The lowest BCUT2D eigenvalue weighted by molar-refractivity contribution is -0.364. The van der Waals surface area contributed by atoms with Gasteiger partial charge in [-0.25, -0.2) is 0 Å². The minimum Gasteiger partial charge on any atom is -0.383 e. The number of thioether (sulfide) groups is 1. The van der Waals surface area contributed by atoms with E-state index in [0.29, 0.717) is 25.7 Å². The van der Waals surface area contributed by atoms with Crippen molar-refractivity contribution in [3.63, 3.8) is 0 Å². The Balaban J connectivity index is 1.32. The molecule has 3 saturated carbocycles. The van der Waals surface area contributed by atoms with E-state index in [9.17, 15) is 31.9 Å². The average molecular weight is 599 g/mol. The Bertz CT molecular complexity index is 1140. The fourth-order valence-electron chi connectivity index (χ4n) is 9.34. The Morgan fingerprint density at radius 1 is 0.927 bits per heavy atom. The van der Waals surface area contributed by atoms with Crippen LogP contribution in [0, 0.1) is 34.5 Å². The first-order chi connectivity index (χ1) is 19.2. The third-order valence-corrected chi connectivity index (χ3v) is 12.7. The number of unbranched alkanes of at least 4 members (excludes halogenated alkanes) is 3. The summed E-state index contributed by atoms with van der Waals surface area (Å²) >= 11 is 1.84. The maximum Gasteiger partial charge on any atom is 0.456 e. The van der Waals surface area contributed by atoms with E-state index in [4.69, 9.17) is 0 Å². The third kappa shape index (κ3) is 5.21. The van der Waals surface area contributed by atoms with Gasteiger partial charge in [0.15, 0.2) is 5.78 Å². The van der Waals surface area contributed by atoms with Crippen molar-refractivity contribution in [3.8, 4) is 0 Å². The van der Waals surface area contributed by atoms with Crippen LogP contribution in [0.4, 0.5) is 22.0 Å². The number of alkyl halides is 5. The topological polar surface area (TPSA) is 37.3 Å². The molecule has 4 aliphatic rings. The molecule has 0 aliphatic heterocycles. The smallest absolute Gasteiger partial charge is 0.383 e. The number of carbonyl (C=O) groups excluding carboxylic acids is 1. The molecule has 8 heteroatoms. The molecule has 0 aromatic heterocycles. The molecule has 0 amide bonds. The van der Waals surface area contributed by atoms with Crippen molar-refractivity contribution >= 4 is 17.5 Å². The third-order valence-electron chi connectivity index (χ3n) is 11.6. The van der Waals surface area contributed by atoms with E-state index in [1.54, 1.807) is 0 Å². The van der Waals surface area contributed by atoms with Crippen molar-refractivity contribution in [2.45, 2.75) is 113 Å². The molecule has 2 unspecified atom stereocenters. The number of aliphatic hydroxyl groups is 1. The van der Waals surface area contributed by atoms with Crippen LogP contribution in [-0.2, 0) is 4.79 Å². The number of halogens is 5. The quantitative estimate of drug-likeness (QED) is 0.175. The van der Waals surface area contributed by atoms with Gasteiger partial charge in [-0.3, -0.25) is 4.79 Å². The van der Waals surface area contributed by atoms with Crippen LogP contribution < -0.4 is 0 Å². The molecule has 0 radical (unpaired) electrons. The van der Waals surface area contributed by atoms with Crippen LogP contribution in [0.3, 0.4) is 0 Å². The maximum absolute atomic E-state index is 15.0. The Morgan fingerprint density at radius 2 is 1.61 bits per heavy atom. The first-order valence-electron chi connectivity index (χ1n) is 15.3. The summed E-state index contributed by atoms with van der Waals surface area (Å²) in [6, 6.07) is 10.3. The van der Waals surface area contributed by atoms with E-state index < -0.39 is 35.5 Å². The molecule has 41 heavy (non-hydrogen) atoms. The summed E-state index contributed by atoms with van der Waals surface area (Å²) in [5.41, 5.74) is -3.70. The molecule has 0 heterocycles. The predicted octanol–water partition coefficient (Wildman–Crippen LogP) is 9.42. The monoisotopic (exact) mass is 598 g/mol. The van der Waals surface area contributed by atoms with Gasteiger partial charge in [-0.15, -0.1) is 11.8 Å². The fourth-order valence-corrected chi connectivity index (χ4v) is 10.3. The summed E-state index contributed by atoms with van der Waals surface area (Å²) in [6.07, 6.45) is 3.21. The van der Waals surface area contributed by atoms with Gasteiger partial charge in [0.1, 0.15) is 5.60 Å². The summed E-state index contributed by atoms with van der Waals surface area (Å²) in [6.45, 7) is 3.68. The van der Waals surface area contributed by atoms with Gasteiger partial charge < -0.3 is 5.11 Å². The van der Waals surface area contributed by atoms with Gasteiger partial charge in [0.2, 0.25) is 0 Å². The highest BCUT2D eigenvalue weighted by atomic mass is 32.2. The van der Waals surface area contributed by atoms with Crippen LogP contribution in [0.1, 0.15) is 90.9 Å². The highest BCUT2D eigenvalue weighted by Crippen LogP contribution is 2.72. The largest absolute Gasteiger partial charge is 0.456 e. The molecule has 5 rings (SSSR count). The number of allylic oxidation sites excluding steroid dienone is 1. The Labute approximate surface area is 244 Å². The molecule has 2 nitrogen and oxygen atoms in total. The lowest BCUT2D eigenvalue weighted by Gasteiger charge is -2.62. The van der Waals surface area contributed by atoms with Gasteiger partial charge in [-0.1, -0.05) is 56.9 Å². The second-order valence-electron chi connectivity index (χ2n) is 13.6. The van der Waals surface area contributed by atoms with Crippen LogP contribution in [0.5, 0.6) is 0 Å². The molecule has 0 saturated heterocycles. The number of hydrogen-bond donors (Lipinski definition) is 1. The summed E-state index contributed by atoms with van der Waals surface area (Å²) in [4.78, 5) is 13.7.